The van der Waals surface area contributed by atoms with Gasteiger partial charge in [0.15, 0.2) is 36.3 Å². The molecule has 1 amide bonds. The van der Waals surface area contributed by atoms with E-state index in [4.69, 9.17) is 9.47 Å². The molecule has 0 radical (unpaired) electrons. The Morgan fingerprint density at radius 3 is 1.93 bits per heavy atom. The zero-order valence-corrected chi connectivity index (χ0v) is 16.8. The minimum atomic E-state index is -1.24. The molecule has 0 aliphatic heterocycles. The number of carbonyl (C=O) groups excluding carboxylic acids is 3. The van der Waals surface area contributed by atoms with Crippen molar-refractivity contribution in [3.05, 3.63) is 44.3 Å². The van der Waals surface area contributed by atoms with E-state index in [0.717, 1.165) is 7.11 Å². The van der Waals surface area contributed by atoms with Crippen molar-refractivity contribution in [3.63, 3.8) is 0 Å². The zero-order chi connectivity index (χ0) is 22.3. The van der Waals surface area contributed by atoms with Gasteiger partial charge in [0, 0.05) is 5.75 Å². The van der Waals surface area contributed by atoms with Crippen molar-refractivity contribution in [3.8, 4) is 0 Å². The average molecular weight is 447 g/mol. The number of esters is 1. The molecule has 0 saturated carbocycles. The first-order valence-electron chi connectivity index (χ1n) is 8.19. The number of aryl methyl sites for hydroxylation is 2. The summed E-state index contributed by atoms with van der Waals surface area (Å²) in [4.78, 5) is 57.4. The number of carbonyl (C=O) groups is 3. The number of ether oxygens (including phenoxy) is 3. The molecule has 0 bridgehead atoms. The van der Waals surface area contributed by atoms with E-state index in [0.29, 0.717) is 11.8 Å². The smallest absolute Gasteiger partial charge is 0.467 e. The molecule has 13 nitrogen and oxygen atoms in total. The third kappa shape index (κ3) is 6.58. The molecule has 0 fully saturated rings. The molecule has 0 aliphatic carbocycles. The molecule has 1 atom stereocenters. The van der Waals surface area contributed by atoms with Gasteiger partial charge in [-0.05, 0) is 25.6 Å². The lowest BCUT2D eigenvalue weighted by atomic mass is 10.3. The lowest BCUT2D eigenvalue weighted by Crippen LogP contribution is -2.43. The van der Waals surface area contributed by atoms with Gasteiger partial charge in [0.25, 0.3) is 0 Å². The van der Waals surface area contributed by atoms with Crippen LogP contribution in [0.25, 0.3) is 0 Å². The second kappa shape index (κ2) is 10.4. The van der Waals surface area contributed by atoms with E-state index in [9.17, 15) is 24.0 Å². The minimum absolute atomic E-state index is 0.00362. The Balaban J connectivity index is 1.83. The molecular formula is C16H17NO12S. The highest BCUT2D eigenvalue weighted by Gasteiger charge is 2.25. The molecule has 14 heteroatoms. The molecule has 0 saturated heterocycles. The van der Waals surface area contributed by atoms with E-state index >= 15 is 0 Å². The quantitative estimate of drug-likeness (QED) is 0.451. The van der Waals surface area contributed by atoms with E-state index in [1.807, 2.05) is 0 Å². The van der Waals surface area contributed by atoms with Crippen LogP contribution in [0.1, 0.15) is 23.0 Å². The third-order valence-corrected chi connectivity index (χ3v) is 4.33. The fraction of sp³-hybridized carbons (Fsp3) is 0.438. The Kier molecular flexibility index (Phi) is 7.91. The van der Waals surface area contributed by atoms with Crippen molar-refractivity contribution in [2.24, 2.45) is 0 Å². The monoisotopic (exact) mass is 447 g/mol. The number of hydrogen-bond donors (Lipinski definition) is 1. The van der Waals surface area contributed by atoms with Gasteiger partial charge in [-0.15, -0.1) is 0 Å². The summed E-state index contributed by atoms with van der Waals surface area (Å²) in [6.45, 7) is 2.14. The number of amides is 1. The SMILES string of the molecule is COC(=O)[C@H](CSC(=O)OCc1oc(=O)oc1C)NC(=O)OCc1oc(=O)oc1C. The number of methoxy groups -OCH3 is 1. The van der Waals surface area contributed by atoms with E-state index in [1.165, 1.54) is 13.8 Å². The molecule has 164 valence electrons. The summed E-state index contributed by atoms with van der Waals surface area (Å²) >= 11 is 0.565. The maximum Gasteiger partial charge on any atom is 0.519 e. The summed E-state index contributed by atoms with van der Waals surface area (Å²) in [6, 6.07) is -1.24. The predicted molar refractivity (Wildman–Crippen MR) is 95.7 cm³/mol. The van der Waals surface area contributed by atoms with Gasteiger partial charge >= 0.3 is 29.0 Å². The van der Waals surface area contributed by atoms with Crippen LogP contribution >= 0.6 is 11.8 Å². The zero-order valence-electron chi connectivity index (χ0n) is 16.0. The van der Waals surface area contributed by atoms with E-state index in [2.05, 4.69) is 27.7 Å². The normalized spacial score (nSPS) is 11.6. The number of alkyl carbamates (subject to hydrolysis) is 1. The van der Waals surface area contributed by atoms with Gasteiger partial charge < -0.3 is 37.2 Å². The topological polar surface area (TPSA) is 178 Å². The van der Waals surface area contributed by atoms with Crippen LogP contribution in [0.4, 0.5) is 9.59 Å². The highest BCUT2D eigenvalue weighted by molar-refractivity contribution is 8.13. The standard InChI is InChI=1S/C16H17NO12S/c1-7-10(28-14(20)26-7)4-24-13(19)17-9(12(18)23-3)6-30-16(22)25-5-11-8(2)27-15(21)29-11/h9H,4-6H2,1-3H3,(H,17,19)/t9-/m0/s1. The van der Waals surface area contributed by atoms with Gasteiger partial charge in [0.1, 0.15) is 6.04 Å². The molecule has 2 aromatic heterocycles. The van der Waals surface area contributed by atoms with Gasteiger partial charge in [-0.25, -0.2) is 24.0 Å². The Hall–Kier alpha value is -3.42. The fourth-order valence-electron chi connectivity index (χ4n) is 1.96. The first-order chi connectivity index (χ1) is 14.2. The average Bonchev–Trinajstić information content (AvgIpc) is 3.19. The molecule has 0 aliphatic rings. The van der Waals surface area contributed by atoms with Crippen molar-refractivity contribution in [2.75, 3.05) is 12.9 Å². The van der Waals surface area contributed by atoms with Crippen LogP contribution in [0.2, 0.25) is 0 Å². The number of hydrogen-bond acceptors (Lipinski definition) is 13. The number of rotatable bonds is 8. The number of thioether (sulfide) groups is 1. The molecule has 2 aromatic rings. The van der Waals surface area contributed by atoms with E-state index < -0.39 is 41.7 Å². The van der Waals surface area contributed by atoms with E-state index in [1.54, 1.807) is 0 Å². The number of nitrogens with one attached hydrogen (secondary N) is 1. The van der Waals surface area contributed by atoms with Crippen LogP contribution in [-0.2, 0) is 32.2 Å². The lowest BCUT2D eigenvalue weighted by molar-refractivity contribution is -0.142. The third-order valence-electron chi connectivity index (χ3n) is 3.47. The molecule has 2 rings (SSSR count). The predicted octanol–water partition coefficient (Wildman–Crippen LogP) is 1.23. The molecule has 1 N–H and O–H groups in total. The van der Waals surface area contributed by atoms with Crippen molar-refractivity contribution in [1.29, 1.82) is 0 Å². The van der Waals surface area contributed by atoms with Crippen LogP contribution in [0.15, 0.2) is 27.3 Å². The minimum Gasteiger partial charge on any atom is -0.467 e. The summed E-state index contributed by atoms with van der Waals surface area (Å²) in [7, 11) is 1.10. The summed E-state index contributed by atoms with van der Waals surface area (Å²) in [5, 5.41) is 1.41. The molecule has 0 aromatic carbocycles. The maximum atomic E-state index is 11.9. The maximum absolute atomic E-state index is 11.9. The van der Waals surface area contributed by atoms with Crippen LogP contribution in [0, 0.1) is 13.8 Å². The first kappa shape index (κ1) is 22.9. The molecular weight excluding hydrogens is 430 g/mol. The van der Waals surface area contributed by atoms with E-state index in [-0.39, 0.29) is 35.4 Å². The molecule has 0 unspecified atom stereocenters. The van der Waals surface area contributed by atoms with Crippen molar-refractivity contribution >= 4 is 29.1 Å². The second-order valence-corrected chi connectivity index (χ2v) is 6.47. The Morgan fingerprint density at radius 2 is 1.47 bits per heavy atom. The summed E-state index contributed by atoms with van der Waals surface area (Å²) < 4.78 is 32.9. The summed E-state index contributed by atoms with van der Waals surface area (Å²) in [5.41, 5.74) is 0. The Bertz CT molecular complexity index is 1010. The fourth-order valence-corrected chi connectivity index (χ4v) is 2.62. The van der Waals surface area contributed by atoms with Crippen LogP contribution in [0.3, 0.4) is 0 Å². The molecule has 2 heterocycles. The summed E-state index contributed by atoms with van der Waals surface area (Å²) in [5.74, 6) is -2.60. The van der Waals surface area contributed by atoms with Gasteiger partial charge in [-0.3, -0.25) is 0 Å². The second-order valence-electron chi connectivity index (χ2n) is 5.51. The highest BCUT2D eigenvalue weighted by atomic mass is 32.2. The van der Waals surface area contributed by atoms with Gasteiger partial charge in [0.05, 0.1) is 7.11 Å². The first-order valence-corrected chi connectivity index (χ1v) is 9.17. The lowest BCUT2D eigenvalue weighted by Gasteiger charge is -2.15. The van der Waals surface area contributed by atoms with Crippen LogP contribution < -0.4 is 17.0 Å². The van der Waals surface area contributed by atoms with Crippen molar-refractivity contribution in [1.82, 2.24) is 5.32 Å². The van der Waals surface area contributed by atoms with Gasteiger partial charge in [0.2, 0.25) is 0 Å². The van der Waals surface area contributed by atoms with Crippen LogP contribution in [-0.4, -0.2) is 36.3 Å². The summed E-state index contributed by atoms with van der Waals surface area (Å²) in [6.07, 6.45) is -1.03. The Labute approximate surface area is 171 Å². The molecule has 30 heavy (non-hydrogen) atoms. The van der Waals surface area contributed by atoms with Crippen molar-refractivity contribution in [2.45, 2.75) is 33.1 Å². The van der Waals surface area contributed by atoms with Crippen molar-refractivity contribution < 1.29 is 46.3 Å². The van der Waals surface area contributed by atoms with Gasteiger partial charge in [-0.2, -0.15) is 0 Å². The Morgan fingerprint density at radius 1 is 0.933 bits per heavy atom. The van der Waals surface area contributed by atoms with Gasteiger partial charge in [-0.1, -0.05) is 0 Å². The van der Waals surface area contributed by atoms with Crippen LogP contribution in [0.5, 0.6) is 0 Å². The molecule has 0 spiro atoms. The largest absolute Gasteiger partial charge is 0.519 e. The highest BCUT2D eigenvalue weighted by Crippen LogP contribution is 2.13.